The van der Waals surface area contributed by atoms with E-state index >= 15 is 0 Å². The molecule has 0 saturated carbocycles. The molecule has 0 saturated heterocycles. The highest BCUT2D eigenvalue weighted by Gasteiger charge is 2.37. The summed E-state index contributed by atoms with van der Waals surface area (Å²) in [7, 11) is -1.88. The van der Waals surface area contributed by atoms with E-state index in [1.807, 2.05) is 6.92 Å². The number of alkyl halides is 3. The van der Waals surface area contributed by atoms with Gasteiger partial charge in [0, 0.05) is 30.3 Å². The van der Waals surface area contributed by atoms with E-state index in [2.05, 4.69) is 43.8 Å². The molecule has 1 aromatic heterocycles. The van der Waals surface area contributed by atoms with Crippen molar-refractivity contribution >= 4 is 14.0 Å². The van der Waals surface area contributed by atoms with Crippen LogP contribution in [-0.4, -0.2) is 24.9 Å². The number of nitrogens with two attached hydrogens (primary N) is 1. The summed E-state index contributed by atoms with van der Waals surface area (Å²) in [4.78, 5) is 8.58. The van der Waals surface area contributed by atoms with Gasteiger partial charge in [-0.25, -0.2) is 9.97 Å². The lowest BCUT2D eigenvalue weighted by Crippen LogP contribution is -2.40. The molecule has 0 aliphatic heterocycles. The molecule has 172 valence electrons. The van der Waals surface area contributed by atoms with Gasteiger partial charge in [-0.15, -0.1) is 0 Å². The first-order chi connectivity index (χ1) is 14.3. The topological polar surface area (TPSA) is 61.0 Å². The highest BCUT2D eigenvalue weighted by molar-refractivity contribution is 6.74. The van der Waals surface area contributed by atoms with Gasteiger partial charge in [0.2, 0.25) is 0 Å². The molecule has 0 amide bonds. The van der Waals surface area contributed by atoms with Gasteiger partial charge in [-0.3, -0.25) is 0 Å². The van der Waals surface area contributed by atoms with Crippen molar-refractivity contribution in [2.45, 2.75) is 77.7 Å². The third kappa shape index (κ3) is 6.29. The van der Waals surface area contributed by atoms with Crippen molar-refractivity contribution in [1.82, 2.24) is 9.97 Å². The predicted molar refractivity (Wildman–Crippen MR) is 122 cm³/mol. The SMILES string of the molecule is CCc1cnc(-c2c(N)ccc(C(F)(F)F)c2CCCCO[Si](C)(C)C(C)(C)C)nc1. The number of rotatable bonds is 8. The first kappa shape index (κ1) is 25.3. The smallest absolute Gasteiger partial charge is 0.416 e. The van der Waals surface area contributed by atoms with E-state index < -0.39 is 20.1 Å². The van der Waals surface area contributed by atoms with E-state index in [0.717, 1.165) is 18.1 Å². The maximum absolute atomic E-state index is 13.8. The Morgan fingerprint density at radius 2 is 1.65 bits per heavy atom. The number of hydrogen-bond donors (Lipinski definition) is 1. The van der Waals surface area contributed by atoms with Crippen molar-refractivity contribution in [1.29, 1.82) is 0 Å². The van der Waals surface area contributed by atoms with Crippen LogP contribution in [0.3, 0.4) is 0 Å². The van der Waals surface area contributed by atoms with E-state index in [0.29, 0.717) is 19.4 Å². The number of anilines is 1. The van der Waals surface area contributed by atoms with Crippen molar-refractivity contribution in [3.8, 4) is 11.4 Å². The van der Waals surface area contributed by atoms with Gasteiger partial charge >= 0.3 is 6.18 Å². The molecule has 31 heavy (non-hydrogen) atoms. The normalized spacial score (nSPS) is 12.9. The van der Waals surface area contributed by atoms with E-state index in [1.54, 1.807) is 12.4 Å². The molecule has 0 aliphatic carbocycles. The standard InChI is InChI=1S/C23H34F3N3OSi/c1-7-16-14-28-21(29-15-16)20-17(18(23(24,25)26)11-12-19(20)27)10-8-9-13-30-31(5,6)22(2,3)4/h11-12,14-15H,7-10,13,27H2,1-6H3. The fourth-order valence-corrected chi connectivity index (χ4v) is 4.16. The van der Waals surface area contributed by atoms with Gasteiger partial charge in [0.25, 0.3) is 0 Å². The number of benzene rings is 1. The summed E-state index contributed by atoms with van der Waals surface area (Å²) < 4.78 is 47.4. The molecular weight excluding hydrogens is 419 g/mol. The summed E-state index contributed by atoms with van der Waals surface area (Å²) in [6.07, 6.45) is 1.01. The maximum atomic E-state index is 13.8. The first-order valence-corrected chi connectivity index (χ1v) is 13.6. The Labute approximate surface area is 184 Å². The van der Waals surface area contributed by atoms with E-state index in [-0.39, 0.29) is 34.1 Å². The van der Waals surface area contributed by atoms with E-state index in [4.69, 9.17) is 10.2 Å². The minimum absolute atomic E-state index is 0.0967. The monoisotopic (exact) mass is 453 g/mol. The van der Waals surface area contributed by atoms with Crippen LogP contribution in [0.25, 0.3) is 11.4 Å². The Hall–Kier alpha value is -1.93. The van der Waals surface area contributed by atoms with Crippen LogP contribution in [-0.2, 0) is 23.4 Å². The minimum atomic E-state index is -4.47. The molecule has 0 bridgehead atoms. The van der Waals surface area contributed by atoms with Crippen LogP contribution >= 0.6 is 0 Å². The zero-order valence-corrected chi connectivity index (χ0v) is 20.4. The number of aromatic nitrogens is 2. The Morgan fingerprint density at radius 3 is 2.16 bits per heavy atom. The number of hydrogen-bond acceptors (Lipinski definition) is 4. The molecule has 1 heterocycles. The molecule has 0 radical (unpaired) electrons. The quantitative estimate of drug-likeness (QED) is 0.276. The van der Waals surface area contributed by atoms with Crippen LogP contribution < -0.4 is 5.73 Å². The molecule has 2 N–H and O–H groups in total. The largest absolute Gasteiger partial charge is 0.417 e. The summed E-state index contributed by atoms with van der Waals surface area (Å²) in [5.41, 5.74) is 7.04. The Bertz CT molecular complexity index is 875. The molecule has 2 rings (SSSR count). The van der Waals surface area contributed by atoms with Crippen molar-refractivity contribution < 1.29 is 17.6 Å². The molecule has 0 aliphatic rings. The van der Waals surface area contributed by atoms with Gasteiger partial charge in [-0.05, 0) is 67.1 Å². The highest BCUT2D eigenvalue weighted by atomic mass is 28.4. The van der Waals surface area contributed by atoms with Gasteiger partial charge in [0.15, 0.2) is 14.1 Å². The summed E-state index contributed by atoms with van der Waals surface area (Å²) >= 11 is 0. The molecule has 0 spiro atoms. The number of aryl methyl sites for hydroxylation is 1. The lowest BCUT2D eigenvalue weighted by atomic mass is 9.93. The van der Waals surface area contributed by atoms with Gasteiger partial charge in [-0.1, -0.05) is 27.7 Å². The average molecular weight is 454 g/mol. The molecule has 0 atom stereocenters. The minimum Gasteiger partial charge on any atom is -0.417 e. The second-order valence-corrected chi connectivity index (χ2v) is 14.2. The number of unbranched alkanes of at least 4 members (excludes halogenated alkanes) is 1. The second-order valence-electron chi connectivity index (χ2n) is 9.39. The van der Waals surface area contributed by atoms with Crippen LogP contribution in [0.2, 0.25) is 18.1 Å². The maximum Gasteiger partial charge on any atom is 0.416 e. The van der Waals surface area contributed by atoms with Gasteiger partial charge in [0.05, 0.1) is 5.56 Å². The van der Waals surface area contributed by atoms with Crippen LogP contribution in [0.1, 0.15) is 57.2 Å². The molecule has 8 heteroatoms. The summed E-state index contributed by atoms with van der Waals surface area (Å²) in [5.74, 6) is 0.230. The molecular formula is C23H34F3N3OSi. The Morgan fingerprint density at radius 1 is 1.03 bits per heavy atom. The average Bonchev–Trinajstić information content (AvgIpc) is 2.66. The molecule has 1 aromatic carbocycles. The first-order valence-electron chi connectivity index (χ1n) is 10.7. The van der Waals surface area contributed by atoms with Gasteiger partial charge < -0.3 is 10.2 Å². The highest BCUT2D eigenvalue weighted by Crippen LogP contribution is 2.40. The number of halogens is 3. The molecule has 0 unspecified atom stereocenters. The van der Waals surface area contributed by atoms with Crippen LogP contribution in [0.15, 0.2) is 24.5 Å². The van der Waals surface area contributed by atoms with Crippen LogP contribution in [0.4, 0.5) is 18.9 Å². The summed E-state index contributed by atoms with van der Waals surface area (Å²) in [6.45, 7) is 13.3. The molecule has 0 fully saturated rings. The van der Waals surface area contributed by atoms with Crippen LogP contribution in [0, 0.1) is 0 Å². The zero-order chi connectivity index (χ0) is 23.4. The fourth-order valence-electron chi connectivity index (χ4n) is 3.07. The van der Waals surface area contributed by atoms with E-state index in [1.165, 1.54) is 6.07 Å². The van der Waals surface area contributed by atoms with Gasteiger partial charge in [-0.2, -0.15) is 13.2 Å². The summed E-state index contributed by atoms with van der Waals surface area (Å²) in [5, 5.41) is 0.0967. The van der Waals surface area contributed by atoms with Crippen molar-refractivity contribution in [3.05, 3.63) is 41.2 Å². The Balaban J connectivity index is 2.26. The second kappa shape index (κ2) is 9.69. The third-order valence-electron chi connectivity index (χ3n) is 6.08. The lowest BCUT2D eigenvalue weighted by Gasteiger charge is -2.36. The molecule has 2 aromatic rings. The zero-order valence-electron chi connectivity index (χ0n) is 19.4. The van der Waals surface area contributed by atoms with Crippen molar-refractivity contribution in [2.24, 2.45) is 0 Å². The Kier molecular flexibility index (Phi) is 7.92. The van der Waals surface area contributed by atoms with Crippen LogP contribution in [0.5, 0.6) is 0 Å². The lowest BCUT2D eigenvalue weighted by molar-refractivity contribution is -0.138. The number of nitrogen functional groups attached to an aromatic ring is 1. The molecule has 4 nitrogen and oxygen atoms in total. The van der Waals surface area contributed by atoms with Crippen molar-refractivity contribution in [3.63, 3.8) is 0 Å². The van der Waals surface area contributed by atoms with Gasteiger partial charge in [0.1, 0.15) is 0 Å². The van der Waals surface area contributed by atoms with E-state index in [9.17, 15) is 13.2 Å². The fraction of sp³-hybridized carbons (Fsp3) is 0.565. The third-order valence-corrected chi connectivity index (χ3v) is 10.6. The number of nitrogens with zero attached hydrogens (tertiary/aromatic N) is 2. The predicted octanol–water partition coefficient (Wildman–Crippen LogP) is 6.65. The van der Waals surface area contributed by atoms with Crippen molar-refractivity contribution in [2.75, 3.05) is 12.3 Å². The summed E-state index contributed by atoms with van der Waals surface area (Å²) in [6, 6.07) is 2.35.